The molecule has 4 nitrogen and oxygen atoms in total. The van der Waals surface area contributed by atoms with Crippen LogP contribution in [-0.4, -0.2) is 24.0 Å². The Morgan fingerprint density at radius 3 is 2.62 bits per heavy atom. The van der Waals surface area contributed by atoms with E-state index in [0.717, 1.165) is 28.5 Å². The highest BCUT2D eigenvalue weighted by molar-refractivity contribution is 5.88. The summed E-state index contributed by atoms with van der Waals surface area (Å²) in [5.41, 5.74) is 2.32. The molecule has 2 N–H and O–H groups in total. The van der Waals surface area contributed by atoms with E-state index in [1.54, 1.807) is 0 Å². The maximum Gasteiger partial charge on any atom is 0.257 e. The molecule has 130 valence electrons. The number of aromatic nitrogens is 1. The Balaban J connectivity index is 1.31. The molecule has 26 heavy (non-hydrogen) atoms. The van der Waals surface area contributed by atoms with Gasteiger partial charge in [0.25, 0.3) is 5.91 Å². The summed E-state index contributed by atoms with van der Waals surface area (Å²) < 4.78 is 5.72. The Morgan fingerprint density at radius 1 is 0.923 bits per heavy atom. The molecule has 0 atom stereocenters. The van der Waals surface area contributed by atoms with Crippen LogP contribution >= 0.6 is 0 Å². The molecule has 4 heteroatoms. The minimum absolute atomic E-state index is 0.0158. The molecule has 1 heterocycles. The number of carbonyl (C=O) groups is 1. The lowest BCUT2D eigenvalue weighted by atomic mass is 10.1. The number of benzene rings is 3. The molecule has 0 saturated carbocycles. The van der Waals surface area contributed by atoms with Gasteiger partial charge in [0.1, 0.15) is 5.75 Å². The van der Waals surface area contributed by atoms with Crippen molar-refractivity contribution in [1.82, 2.24) is 10.3 Å². The van der Waals surface area contributed by atoms with E-state index in [4.69, 9.17) is 4.74 Å². The van der Waals surface area contributed by atoms with Crippen LogP contribution in [-0.2, 0) is 11.2 Å². The zero-order valence-corrected chi connectivity index (χ0v) is 14.4. The summed E-state index contributed by atoms with van der Waals surface area (Å²) in [6.07, 6.45) is 2.79. The lowest BCUT2D eigenvalue weighted by molar-refractivity contribution is -0.123. The minimum atomic E-state index is -0.113. The molecule has 0 unspecified atom stereocenters. The Hall–Kier alpha value is -3.27. The maximum absolute atomic E-state index is 12.1. The van der Waals surface area contributed by atoms with Gasteiger partial charge in [-0.1, -0.05) is 54.6 Å². The molecule has 4 aromatic rings. The number of carbonyl (C=O) groups excluding carboxylic acids is 1. The molecular weight excluding hydrogens is 324 g/mol. The zero-order valence-electron chi connectivity index (χ0n) is 14.4. The van der Waals surface area contributed by atoms with E-state index in [-0.39, 0.29) is 12.5 Å². The monoisotopic (exact) mass is 344 g/mol. The smallest absolute Gasteiger partial charge is 0.257 e. The summed E-state index contributed by atoms with van der Waals surface area (Å²) in [5, 5.41) is 6.25. The fourth-order valence-corrected chi connectivity index (χ4v) is 3.19. The minimum Gasteiger partial charge on any atom is -0.483 e. The van der Waals surface area contributed by atoms with Gasteiger partial charge in [-0.05, 0) is 29.5 Å². The summed E-state index contributed by atoms with van der Waals surface area (Å²) >= 11 is 0. The van der Waals surface area contributed by atoms with Crippen LogP contribution < -0.4 is 10.1 Å². The van der Waals surface area contributed by atoms with E-state index < -0.39 is 0 Å². The van der Waals surface area contributed by atoms with E-state index >= 15 is 0 Å². The van der Waals surface area contributed by atoms with Crippen LogP contribution in [0.3, 0.4) is 0 Å². The summed E-state index contributed by atoms with van der Waals surface area (Å²) in [6.45, 7) is 0.599. The Kier molecular flexibility index (Phi) is 4.56. The van der Waals surface area contributed by atoms with Crippen LogP contribution in [0.25, 0.3) is 21.7 Å². The van der Waals surface area contributed by atoms with Crippen LogP contribution in [0.15, 0.2) is 72.9 Å². The normalized spacial score (nSPS) is 10.9. The highest BCUT2D eigenvalue weighted by atomic mass is 16.5. The van der Waals surface area contributed by atoms with E-state index in [1.165, 1.54) is 10.9 Å². The Labute approximate surface area is 151 Å². The largest absolute Gasteiger partial charge is 0.483 e. The number of nitrogens with one attached hydrogen (secondary N) is 2. The summed E-state index contributed by atoms with van der Waals surface area (Å²) in [5.74, 6) is 0.618. The molecule has 0 fully saturated rings. The van der Waals surface area contributed by atoms with Gasteiger partial charge in [0.2, 0.25) is 0 Å². The highest BCUT2D eigenvalue weighted by Crippen LogP contribution is 2.25. The number of H-pyrrole nitrogens is 1. The van der Waals surface area contributed by atoms with E-state index in [1.807, 2.05) is 60.8 Å². The molecular formula is C22H20N2O2. The van der Waals surface area contributed by atoms with Crippen LogP contribution in [0.5, 0.6) is 5.75 Å². The number of aromatic amines is 1. The SMILES string of the molecule is O=C(COc1cccc2ccccc12)NCCc1c[nH]c2ccccc12. The highest BCUT2D eigenvalue weighted by Gasteiger charge is 2.07. The van der Waals surface area contributed by atoms with E-state index in [2.05, 4.69) is 22.4 Å². The third kappa shape index (κ3) is 3.40. The predicted octanol–water partition coefficient (Wildman–Crippen LogP) is 4.06. The molecule has 0 bridgehead atoms. The van der Waals surface area contributed by atoms with Gasteiger partial charge >= 0.3 is 0 Å². The molecule has 1 aromatic heterocycles. The van der Waals surface area contributed by atoms with Crippen molar-refractivity contribution < 1.29 is 9.53 Å². The number of hydrogen-bond donors (Lipinski definition) is 2. The number of fused-ring (bicyclic) bond motifs is 2. The van der Waals surface area contributed by atoms with E-state index in [9.17, 15) is 4.79 Å². The molecule has 3 aromatic carbocycles. The molecule has 4 rings (SSSR count). The van der Waals surface area contributed by atoms with Crippen molar-refractivity contribution in [3.05, 3.63) is 78.5 Å². The van der Waals surface area contributed by atoms with Gasteiger partial charge in [0.05, 0.1) is 0 Å². The van der Waals surface area contributed by atoms with Crippen molar-refractivity contribution in [2.75, 3.05) is 13.2 Å². The molecule has 0 aliphatic carbocycles. The average molecular weight is 344 g/mol. The van der Waals surface area contributed by atoms with Gasteiger partial charge in [-0.15, -0.1) is 0 Å². The number of amides is 1. The maximum atomic E-state index is 12.1. The average Bonchev–Trinajstić information content (AvgIpc) is 3.09. The van der Waals surface area contributed by atoms with Crippen LogP contribution in [0, 0.1) is 0 Å². The summed E-state index contributed by atoms with van der Waals surface area (Å²) in [7, 11) is 0. The van der Waals surface area contributed by atoms with Crippen molar-refractivity contribution in [2.24, 2.45) is 0 Å². The number of rotatable bonds is 6. The first-order valence-electron chi connectivity index (χ1n) is 8.73. The molecule has 0 radical (unpaired) electrons. The summed E-state index contributed by atoms with van der Waals surface area (Å²) in [4.78, 5) is 15.4. The molecule has 1 amide bonds. The van der Waals surface area contributed by atoms with Gasteiger partial charge in [0, 0.05) is 29.0 Å². The quantitative estimate of drug-likeness (QED) is 0.554. The van der Waals surface area contributed by atoms with Gasteiger partial charge in [-0.3, -0.25) is 4.79 Å². The second-order valence-corrected chi connectivity index (χ2v) is 6.23. The lowest BCUT2D eigenvalue weighted by Gasteiger charge is -2.09. The topological polar surface area (TPSA) is 54.1 Å². The summed E-state index contributed by atoms with van der Waals surface area (Å²) in [6, 6.07) is 22.0. The first-order chi connectivity index (χ1) is 12.8. The molecule has 0 saturated heterocycles. The van der Waals surface area contributed by atoms with Crippen molar-refractivity contribution in [2.45, 2.75) is 6.42 Å². The van der Waals surface area contributed by atoms with Crippen LogP contribution in [0.4, 0.5) is 0 Å². The number of para-hydroxylation sites is 1. The Bertz CT molecular complexity index is 1050. The van der Waals surface area contributed by atoms with Crippen LogP contribution in [0.1, 0.15) is 5.56 Å². The van der Waals surface area contributed by atoms with Crippen molar-refractivity contribution in [3.8, 4) is 5.75 Å². The fraction of sp³-hybridized carbons (Fsp3) is 0.136. The van der Waals surface area contributed by atoms with Gasteiger partial charge < -0.3 is 15.0 Å². The zero-order chi connectivity index (χ0) is 17.8. The third-order valence-corrected chi connectivity index (χ3v) is 4.50. The third-order valence-electron chi connectivity index (χ3n) is 4.50. The van der Waals surface area contributed by atoms with Crippen molar-refractivity contribution >= 4 is 27.6 Å². The first kappa shape index (κ1) is 16.2. The number of ether oxygens (including phenoxy) is 1. The van der Waals surface area contributed by atoms with Crippen molar-refractivity contribution in [1.29, 1.82) is 0 Å². The second-order valence-electron chi connectivity index (χ2n) is 6.23. The van der Waals surface area contributed by atoms with Gasteiger partial charge in [-0.2, -0.15) is 0 Å². The standard InChI is InChI=1S/C22H20N2O2/c25-22(15-26-21-11-5-7-16-6-1-2-9-19(16)21)23-13-12-17-14-24-20-10-4-3-8-18(17)20/h1-11,14,24H,12-13,15H2,(H,23,25). The molecule has 0 spiro atoms. The predicted molar refractivity (Wildman–Crippen MR) is 104 cm³/mol. The van der Waals surface area contributed by atoms with Crippen LogP contribution in [0.2, 0.25) is 0 Å². The first-order valence-corrected chi connectivity index (χ1v) is 8.73. The molecule has 0 aliphatic rings. The molecule has 0 aliphatic heterocycles. The Morgan fingerprint density at radius 2 is 1.69 bits per heavy atom. The van der Waals surface area contributed by atoms with E-state index in [0.29, 0.717) is 6.54 Å². The van der Waals surface area contributed by atoms with Gasteiger partial charge in [0.15, 0.2) is 6.61 Å². The number of hydrogen-bond acceptors (Lipinski definition) is 2. The van der Waals surface area contributed by atoms with Crippen molar-refractivity contribution in [3.63, 3.8) is 0 Å². The second kappa shape index (κ2) is 7.31. The lowest BCUT2D eigenvalue weighted by Crippen LogP contribution is -2.30. The fourth-order valence-electron chi connectivity index (χ4n) is 3.19. The van der Waals surface area contributed by atoms with Gasteiger partial charge in [-0.25, -0.2) is 0 Å².